The molecule has 0 bridgehead atoms. The van der Waals surface area contributed by atoms with Crippen LogP contribution in [0.5, 0.6) is 0 Å². The van der Waals surface area contributed by atoms with Gasteiger partial charge < -0.3 is 5.32 Å². The fourth-order valence-corrected chi connectivity index (χ4v) is 3.21. The first-order valence-electron chi connectivity index (χ1n) is 6.14. The molecule has 2 aromatic rings. The molecule has 0 aromatic carbocycles. The second-order valence-corrected chi connectivity index (χ2v) is 5.96. The topological polar surface area (TPSA) is 37.8 Å². The van der Waals surface area contributed by atoms with Gasteiger partial charge in [0.05, 0.1) is 11.7 Å². The van der Waals surface area contributed by atoms with E-state index in [4.69, 9.17) is 0 Å². The van der Waals surface area contributed by atoms with Crippen molar-refractivity contribution in [1.82, 2.24) is 15.3 Å². The highest BCUT2D eigenvalue weighted by atomic mass is 79.9. The molecule has 2 aromatic heterocycles. The summed E-state index contributed by atoms with van der Waals surface area (Å²) in [5.74, 6) is 0. The van der Waals surface area contributed by atoms with Crippen molar-refractivity contribution < 1.29 is 0 Å². The first kappa shape index (κ1) is 14.6. The summed E-state index contributed by atoms with van der Waals surface area (Å²) in [6.07, 6.45) is 6.37. The van der Waals surface area contributed by atoms with Crippen LogP contribution in [0, 0.1) is 0 Å². The lowest BCUT2D eigenvalue weighted by molar-refractivity contribution is 0.534. The van der Waals surface area contributed by atoms with Crippen molar-refractivity contribution in [3.63, 3.8) is 0 Å². The first-order chi connectivity index (χ1) is 9.20. The van der Waals surface area contributed by atoms with Crippen LogP contribution in [0.1, 0.15) is 24.2 Å². The molecular weight excluding hydrogens is 370 g/mol. The summed E-state index contributed by atoms with van der Waals surface area (Å²) in [5.41, 5.74) is 2.28. The van der Waals surface area contributed by atoms with Gasteiger partial charge >= 0.3 is 0 Å². The van der Waals surface area contributed by atoms with Crippen molar-refractivity contribution in [2.45, 2.75) is 19.4 Å². The van der Waals surface area contributed by atoms with E-state index >= 15 is 0 Å². The molecule has 0 aliphatic heterocycles. The average Bonchev–Trinajstić information content (AvgIpc) is 2.39. The van der Waals surface area contributed by atoms with Gasteiger partial charge in [0.1, 0.15) is 0 Å². The van der Waals surface area contributed by atoms with E-state index in [9.17, 15) is 0 Å². The molecule has 3 nitrogen and oxygen atoms in total. The predicted octanol–water partition coefficient (Wildman–Crippen LogP) is 3.89. The number of likely N-dealkylation sites (N-methyl/N-ethyl adjacent to an activating group) is 1. The molecule has 2 rings (SSSR count). The summed E-state index contributed by atoms with van der Waals surface area (Å²) < 4.78 is 1.99. The molecule has 100 valence electrons. The number of hydrogen-bond donors (Lipinski definition) is 1. The standard InChI is InChI=1S/C14H15Br2N3/c1-2-18-13(7-10-3-5-17-6-4-10)14-12(16)8-11(15)9-19-14/h3-6,8-9,13,18H,2,7H2,1H3. The van der Waals surface area contributed by atoms with E-state index in [1.165, 1.54) is 5.56 Å². The minimum Gasteiger partial charge on any atom is -0.309 e. The van der Waals surface area contributed by atoms with Gasteiger partial charge in [-0.2, -0.15) is 0 Å². The number of aromatic nitrogens is 2. The van der Waals surface area contributed by atoms with Gasteiger partial charge in [-0.15, -0.1) is 0 Å². The van der Waals surface area contributed by atoms with E-state index in [1.807, 2.05) is 36.8 Å². The molecule has 0 radical (unpaired) electrons. The lowest BCUT2D eigenvalue weighted by Crippen LogP contribution is -2.24. The van der Waals surface area contributed by atoms with E-state index in [-0.39, 0.29) is 6.04 Å². The minimum atomic E-state index is 0.190. The Kier molecular flexibility index (Phi) is 5.48. The van der Waals surface area contributed by atoms with Gasteiger partial charge in [-0.1, -0.05) is 6.92 Å². The minimum absolute atomic E-state index is 0.190. The number of pyridine rings is 2. The van der Waals surface area contributed by atoms with Gasteiger partial charge in [0.15, 0.2) is 0 Å². The molecule has 0 fully saturated rings. The van der Waals surface area contributed by atoms with Crippen LogP contribution in [-0.2, 0) is 6.42 Å². The number of hydrogen-bond acceptors (Lipinski definition) is 3. The highest BCUT2D eigenvalue weighted by Gasteiger charge is 2.16. The third kappa shape index (κ3) is 4.09. The van der Waals surface area contributed by atoms with Crippen molar-refractivity contribution in [2.75, 3.05) is 6.54 Å². The SMILES string of the molecule is CCNC(Cc1ccncc1)c1ncc(Br)cc1Br. The molecule has 2 heterocycles. The quantitative estimate of drug-likeness (QED) is 0.849. The van der Waals surface area contributed by atoms with E-state index in [2.05, 4.69) is 54.1 Å². The zero-order valence-electron chi connectivity index (χ0n) is 10.6. The molecule has 1 unspecified atom stereocenters. The second-order valence-electron chi connectivity index (χ2n) is 4.19. The van der Waals surface area contributed by atoms with Crippen LogP contribution in [0.15, 0.2) is 45.7 Å². The molecule has 0 amide bonds. The normalized spacial score (nSPS) is 12.4. The lowest BCUT2D eigenvalue weighted by atomic mass is 10.0. The monoisotopic (exact) mass is 383 g/mol. The Morgan fingerprint density at radius 3 is 2.63 bits per heavy atom. The van der Waals surface area contributed by atoms with E-state index < -0.39 is 0 Å². The molecule has 0 spiro atoms. The van der Waals surface area contributed by atoms with Gasteiger partial charge in [0.25, 0.3) is 0 Å². The molecule has 1 N–H and O–H groups in total. The molecule has 19 heavy (non-hydrogen) atoms. The van der Waals surface area contributed by atoms with Crippen molar-refractivity contribution in [2.24, 2.45) is 0 Å². The highest BCUT2D eigenvalue weighted by molar-refractivity contribution is 9.11. The van der Waals surface area contributed by atoms with Crippen molar-refractivity contribution in [1.29, 1.82) is 0 Å². The molecule has 0 aliphatic carbocycles. The molecular formula is C14H15Br2N3. The molecule has 0 saturated heterocycles. The van der Waals surface area contributed by atoms with Gasteiger partial charge in [-0.05, 0) is 68.6 Å². The van der Waals surface area contributed by atoms with E-state index in [0.717, 1.165) is 27.6 Å². The Morgan fingerprint density at radius 2 is 2.00 bits per heavy atom. The predicted molar refractivity (Wildman–Crippen MR) is 84.0 cm³/mol. The van der Waals surface area contributed by atoms with E-state index in [0.29, 0.717) is 0 Å². The van der Waals surface area contributed by atoms with Crippen molar-refractivity contribution in [3.05, 3.63) is 57.0 Å². The Hall–Kier alpha value is -0.780. The first-order valence-corrected chi connectivity index (χ1v) is 7.72. The van der Waals surface area contributed by atoms with Crippen LogP contribution in [0.2, 0.25) is 0 Å². The van der Waals surface area contributed by atoms with Crippen LogP contribution in [-0.4, -0.2) is 16.5 Å². The van der Waals surface area contributed by atoms with Crippen LogP contribution in [0.3, 0.4) is 0 Å². The number of halogens is 2. The largest absolute Gasteiger partial charge is 0.309 e. The van der Waals surface area contributed by atoms with E-state index in [1.54, 1.807) is 0 Å². The maximum atomic E-state index is 4.52. The summed E-state index contributed by atoms with van der Waals surface area (Å²) in [7, 11) is 0. The molecule has 0 aliphatic rings. The third-order valence-corrected chi connectivity index (χ3v) is 3.87. The van der Waals surface area contributed by atoms with Crippen LogP contribution >= 0.6 is 31.9 Å². The molecule has 5 heteroatoms. The third-order valence-electron chi connectivity index (χ3n) is 2.81. The smallest absolute Gasteiger partial charge is 0.0719 e. The maximum absolute atomic E-state index is 4.52. The number of nitrogens with zero attached hydrogens (tertiary/aromatic N) is 2. The Labute approximate surface area is 130 Å². The Balaban J connectivity index is 2.24. The summed E-state index contributed by atoms with van der Waals surface area (Å²) in [6, 6.07) is 6.29. The summed E-state index contributed by atoms with van der Waals surface area (Å²) >= 11 is 7.02. The van der Waals surface area contributed by atoms with Gasteiger partial charge in [-0.3, -0.25) is 9.97 Å². The summed E-state index contributed by atoms with van der Waals surface area (Å²) in [6.45, 7) is 3.01. The van der Waals surface area contributed by atoms with Crippen LogP contribution < -0.4 is 5.32 Å². The fraction of sp³-hybridized carbons (Fsp3) is 0.286. The van der Waals surface area contributed by atoms with Crippen LogP contribution in [0.4, 0.5) is 0 Å². The fourth-order valence-electron chi connectivity index (χ4n) is 1.95. The van der Waals surface area contributed by atoms with Crippen molar-refractivity contribution >= 4 is 31.9 Å². The van der Waals surface area contributed by atoms with Gasteiger partial charge in [0.2, 0.25) is 0 Å². The Morgan fingerprint density at radius 1 is 1.26 bits per heavy atom. The molecule has 1 atom stereocenters. The zero-order valence-corrected chi connectivity index (χ0v) is 13.8. The molecule has 0 saturated carbocycles. The van der Waals surface area contributed by atoms with Crippen molar-refractivity contribution in [3.8, 4) is 0 Å². The van der Waals surface area contributed by atoms with Gasteiger partial charge in [0, 0.05) is 27.5 Å². The number of nitrogens with one attached hydrogen (secondary N) is 1. The average molecular weight is 385 g/mol. The van der Waals surface area contributed by atoms with Gasteiger partial charge in [-0.25, -0.2) is 0 Å². The summed E-state index contributed by atoms with van der Waals surface area (Å²) in [4.78, 5) is 8.57. The number of rotatable bonds is 5. The highest BCUT2D eigenvalue weighted by Crippen LogP contribution is 2.26. The van der Waals surface area contributed by atoms with Crippen LogP contribution in [0.25, 0.3) is 0 Å². The maximum Gasteiger partial charge on any atom is 0.0719 e. The zero-order chi connectivity index (χ0) is 13.7. The second kappa shape index (κ2) is 7.12. The lowest BCUT2D eigenvalue weighted by Gasteiger charge is -2.19. The Bertz CT molecular complexity index is 531. The summed E-state index contributed by atoms with van der Waals surface area (Å²) in [5, 5.41) is 3.48.